The fourth-order valence-corrected chi connectivity index (χ4v) is 2.34. The zero-order valence-electron chi connectivity index (χ0n) is 17.1. The van der Waals surface area contributed by atoms with Crippen molar-refractivity contribution in [3.63, 3.8) is 0 Å². The highest BCUT2D eigenvalue weighted by atomic mass is 16.4. The minimum atomic E-state index is -1.21. The molecule has 0 heterocycles. The van der Waals surface area contributed by atoms with Crippen LogP contribution in [0.3, 0.4) is 0 Å². The van der Waals surface area contributed by atoms with Crippen LogP contribution in [0, 0.1) is 5.92 Å². The van der Waals surface area contributed by atoms with E-state index in [2.05, 4.69) is 20.9 Å². The first-order valence-electron chi connectivity index (χ1n) is 9.41. The number of aliphatic imine (C=N–C) groups is 1. The molecule has 0 spiro atoms. The van der Waals surface area contributed by atoms with Gasteiger partial charge in [-0.05, 0) is 25.7 Å². The van der Waals surface area contributed by atoms with Crippen LogP contribution >= 0.6 is 0 Å². The Morgan fingerprint density at radius 3 is 2.14 bits per heavy atom. The van der Waals surface area contributed by atoms with Gasteiger partial charge in [0.25, 0.3) is 0 Å². The zero-order chi connectivity index (χ0) is 22.6. The van der Waals surface area contributed by atoms with E-state index in [-0.39, 0.29) is 31.4 Å². The fraction of sp³-hybridized carbons (Fsp3) is 0.706. The summed E-state index contributed by atoms with van der Waals surface area (Å²) in [6.45, 7) is 4.89. The average Bonchev–Trinajstić information content (AvgIpc) is 2.66. The molecule has 0 aliphatic carbocycles. The molecule has 4 atom stereocenters. The van der Waals surface area contributed by atoms with Gasteiger partial charge in [0.05, 0.1) is 6.54 Å². The summed E-state index contributed by atoms with van der Waals surface area (Å²) in [5.74, 6) is -3.25. The average molecular weight is 415 g/mol. The molecule has 29 heavy (non-hydrogen) atoms. The number of carboxylic acid groups (broad SMARTS) is 1. The van der Waals surface area contributed by atoms with Gasteiger partial charge in [-0.1, -0.05) is 20.3 Å². The molecular formula is C17H33N7O5. The smallest absolute Gasteiger partial charge is 0.325 e. The van der Waals surface area contributed by atoms with Gasteiger partial charge in [0.1, 0.15) is 18.1 Å². The first kappa shape index (κ1) is 26.1. The third-order valence-corrected chi connectivity index (χ3v) is 4.30. The van der Waals surface area contributed by atoms with E-state index in [1.807, 2.05) is 6.92 Å². The van der Waals surface area contributed by atoms with E-state index >= 15 is 0 Å². The maximum atomic E-state index is 12.7. The van der Waals surface area contributed by atoms with Crippen molar-refractivity contribution in [2.24, 2.45) is 28.1 Å². The maximum Gasteiger partial charge on any atom is 0.325 e. The van der Waals surface area contributed by atoms with Gasteiger partial charge in [-0.15, -0.1) is 0 Å². The molecule has 4 unspecified atom stereocenters. The number of hydrogen-bond acceptors (Lipinski definition) is 6. The van der Waals surface area contributed by atoms with Crippen LogP contribution in [-0.4, -0.2) is 66.0 Å². The number of carbonyl (C=O) groups excluding carboxylic acids is 3. The number of nitrogens with zero attached hydrogens (tertiary/aromatic N) is 1. The predicted molar refractivity (Wildman–Crippen MR) is 108 cm³/mol. The molecule has 12 heteroatoms. The van der Waals surface area contributed by atoms with Crippen LogP contribution in [0.5, 0.6) is 0 Å². The summed E-state index contributed by atoms with van der Waals surface area (Å²) < 4.78 is 0. The maximum absolute atomic E-state index is 12.7. The molecule has 3 amide bonds. The van der Waals surface area contributed by atoms with Gasteiger partial charge in [-0.25, -0.2) is 0 Å². The molecule has 0 fully saturated rings. The van der Waals surface area contributed by atoms with Crippen molar-refractivity contribution in [1.29, 1.82) is 0 Å². The molecule has 0 rings (SSSR count). The molecule has 12 nitrogen and oxygen atoms in total. The summed E-state index contributed by atoms with van der Waals surface area (Å²) in [5, 5.41) is 16.4. The number of aliphatic carboxylic acids is 1. The van der Waals surface area contributed by atoms with Gasteiger partial charge < -0.3 is 38.3 Å². The third kappa shape index (κ3) is 10.3. The number of carboxylic acids is 1. The monoisotopic (exact) mass is 415 g/mol. The first-order chi connectivity index (χ1) is 13.5. The third-order valence-electron chi connectivity index (χ3n) is 4.30. The molecule has 0 aliphatic rings. The summed E-state index contributed by atoms with van der Waals surface area (Å²) in [7, 11) is 0. The van der Waals surface area contributed by atoms with Crippen LogP contribution in [0.4, 0.5) is 0 Å². The summed E-state index contributed by atoms with van der Waals surface area (Å²) in [6.07, 6.45) is 1.12. The van der Waals surface area contributed by atoms with Crippen molar-refractivity contribution in [3.8, 4) is 0 Å². The van der Waals surface area contributed by atoms with E-state index in [0.29, 0.717) is 12.8 Å². The zero-order valence-corrected chi connectivity index (χ0v) is 17.1. The Labute approximate surface area is 170 Å². The SMILES string of the molecule is CCC(C)C(NC(=O)CN)C(=O)NC(CCCN=C(N)N)C(=O)NC(C)C(=O)O. The Balaban J connectivity index is 5.31. The van der Waals surface area contributed by atoms with E-state index in [1.165, 1.54) is 6.92 Å². The highest BCUT2D eigenvalue weighted by molar-refractivity contribution is 5.93. The van der Waals surface area contributed by atoms with Crippen LogP contribution < -0.4 is 33.2 Å². The van der Waals surface area contributed by atoms with Crippen molar-refractivity contribution < 1.29 is 24.3 Å². The number of nitrogens with one attached hydrogen (secondary N) is 3. The number of guanidine groups is 1. The molecule has 0 aliphatic heterocycles. The van der Waals surface area contributed by atoms with Crippen LogP contribution in [0.15, 0.2) is 4.99 Å². The Bertz CT molecular complexity index is 607. The molecule has 0 aromatic heterocycles. The lowest BCUT2D eigenvalue weighted by Crippen LogP contribution is -2.57. The molecule has 0 bridgehead atoms. The first-order valence-corrected chi connectivity index (χ1v) is 9.41. The van der Waals surface area contributed by atoms with Gasteiger partial charge >= 0.3 is 5.97 Å². The largest absolute Gasteiger partial charge is 0.480 e. The summed E-state index contributed by atoms with van der Waals surface area (Å²) >= 11 is 0. The van der Waals surface area contributed by atoms with Gasteiger partial charge in [-0.3, -0.25) is 24.2 Å². The van der Waals surface area contributed by atoms with E-state index in [4.69, 9.17) is 22.3 Å². The molecule has 0 radical (unpaired) electrons. The molecular weight excluding hydrogens is 382 g/mol. The van der Waals surface area contributed by atoms with Crippen LogP contribution in [0.1, 0.15) is 40.0 Å². The van der Waals surface area contributed by atoms with Crippen molar-refractivity contribution >= 4 is 29.7 Å². The Morgan fingerprint density at radius 1 is 1.03 bits per heavy atom. The lowest BCUT2D eigenvalue weighted by molar-refractivity contribution is -0.141. The number of carbonyl (C=O) groups is 4. The molecule has 0 aromatic carbocycles. The number of rotatable bonds is 13. The van der Waals surface area contributed by atoms with Crippen LogP contribution in [-0.2, 0) is 19.2 Å². The lowest BCUT2D eigenvalue weighted by Gasteiger charge is -2.26. The van der Waals surface area contributed by atoms with Crippen molar-refractivity contribution in [3.05, 3.63) is 0 Å². The van der Waals surface area contributed by atoms with Crippen LogP contribution in [0.2, 0.25) is 0 Å². The Kier molecular flexibility index (Phi) is 12.0. The molecule has 0 aromatic rings. The van der Waals surface area contributed by atoms with E-state index < -0.39 is 41.8 Å². The highest BCUT2D eigenvalue weighted by Crippen LogP contribution is 2.09. The Hall–Kier alpha value is -2.89. The second kappa shape index (κ2) is 13.3. The van der Waals surface area contributed by atoms with Gasteiger partial charge in [-0.2, -0.15) is 0 Å². The quantitative estimate of drug-likeness (QED) is 0.0975. The second-order valence-electron chi connectivity index (χ2n) is 6.71. The van der Waals surface area contributed by atoms with E-state index in [0.717, 1.165) is 0 Å². The minimum absolute atomic E-state index is 0.101. The second-order valence-corrected chi connectivity index (χ2v) is 6.71. The van der Waals surface area contributed by atoms with Crippen molar-refractivity contribution in [1.82, 2.24) is 16.0 Å². The lowest BCUT2D eigenvalue weighted by atomic mass is 9.97. The van der Waals surface area contributed by atoms with Crippen LogP contribution in [0.25, 0.3) is 0 Å². The Morgan fingerprint density at radius 2 is 1.66 bits per heavy atom. The summed E-state index contributed by atoms with van der Waals surface area (Å²) in [4.78, 5) is 51.7. The van der Waals surface area contributed by atoms with Gasteiger partial charge in [0, 0.05) is 6.54 Å². The molecule has 10 N–H and O–H groups in total. The van der Waals surface area contributed by atoms with E-state index in [1.54, 1.807) is 6.92 Å². The summed E-state index contributed by atoms with van der Waals surface area (Å²) in [5.41, 5.74) is 15.8. The van der Waals surface area contributed by atoms with Gasteiger partial charge in [0.15, 0.2) is 5.96 Å². The van der Waals surface area contributed by atoms with Crippen molar-refractivity contribution in [2.45, 2.75) is 58.2 Å². The van der Waals surface area contributed by atoms with E-state index in [9.17, 15) is 19.2 Å². The molecule has 0 saturated heterocycles. The standard InChI is InChI=1S/C17H33N7O5/c1-4-9(2)13(24-12(25)8-18)15(27)23-11(6-5-7-21-17(19)20)14(26)22-10(3)16(28)29/h9-11,13H,4-8,18H2,1-3H3,(H,22,26)(H,23,27)(H,24,25)(H,28,29)(H4,19,20,21). The highest BCUT2D eigenvalue weighted by Gasteiger charge is 2.30. The number of amides is 3. The number of hydrogen-bond donors (Lipinski definition) is 7. The summed E-state index contributed by atoms with van der Waals surface area (Å²) in [6, 6.07) is -3.05. The number of nitrogens with two attached hydrogens (primary N) is 3. The normalized spacial score (nSPS) is 14.6. The molecule has 166 valence electrons. The fourth-order valence-electron chi connectivity index (χ4n) is 2.34. The minimum Gasteiger partial charge on any atom is -0.480 e. The van der Waals surface area contributed by atoms with Gasteiger partial charge in [0.2, 0.25) is 17.7 Å². The van der Waals surface area contributed by atoms with Crippen molar-refractivity contribution in [2.75, 3.05) is 13.1 Å². The molecule has 0 saturated carbocycles. The topological polar surface area (TPSA) is 215 Å². The predicted octanol–water partition coefficient (Wildman–Crippen LogP) is -2.40.